The van der Waals surface area contributed by atoms with Crippen molar-refractivity contribution in [3.05, 3.63) is 18.2 Å². The highest BCUT2D eigenvalue weighted by molar-refractivity contribution is 5.75. The summed E-state index contributed by atoms with van der Waals surface area (Å²) < 4.78 is 5.22. The Morgan fingerprint density at radius 2 is 2.37 bits per heavy atom. The van der Waals surface area contributed by atoms with Crippen molar-refractivity contribution in [2.75, 3.05) is 19.7 Å². The van der Waals surface area contributed by atoms with Crippen LogP contribution >= 0.6 is 0 Å². The number of hydrogen-bond donors (Lipinski definition) is 3. The maximum atomic E-state index is 11.7. The standard InChI is InChI=1S/C11H16N4O4/c1-11(19-5-9(16)17)6-15(7-11)10(18)14-4-8-12-2-3-13-8/h2-3H,4-7H2,1H3,(H,12,13)(H,14,18)(H,16,17). The highest BCUT2D eigenvalue weighted by atomic mass is 16.5. The number of carboxylic acid groups (broad SMARTS) is 1. The molecule has 0 spiro atoms. The lowest BCUT2D eigenvalue weighted by Crippen LogP contribution is -2.65. The second-order valence-electron chi connectivity index (χ2n) is 4.68. The van der Waals surface area contributed by atoms with E-state index in [0.29, 0.717) is 25.5 Å². The van der Waals surface area contributed by atoms with Crippen LogP contribution in [-0.2, 0) is 16.1 Å². The highest BCUT2D eigenvalue weighted by Gasteiger charge is 2.42. The van der Waals surface area contributed by atoms with Crippen LogP contribution in [0.1, 0.15) is 12.7 Å². The van der Waals surface area contributed by atoms with Gasteiger partial charge in [0.05, 0.1) is 19.6 Å². The lowest BCUT2D eigenvalue weighted by Gasteiger charge is -2.46. The molecule has 0 bridgehead atoms. The van der Waals surface area contributed by atoms with Crippen LogP contribution in [0.25, 0.3) is 0 Å². The fraction of sp³-hybridized carbons (Fsp3) is 0.545. The van der Waals surface area contributed by atoms with E-state index < -0.39 is 11.6 Å². The van der Waals surface area contributed by atoms with Gasteiger partial charge in [-0.2, -0.15) is 0 Å². The summed E-state index contributed by atoms with van der Waals surface area (Å²) in [6.07, 6.45) is 3.30. The predicted octanol–water partition coefficient (Wildman–Crippen LogP) is -0.205. The van der Waals surface area contributed by atoms with Crippen LogP contribution < -0.4 is 5.32 Å². The van der Waals surface area contributed by atoms with E-state index in [0.717, 1.165) is 0 Å². The molecular weight excluding hydrogens is 252 g/mol. The molecule has 19 heavy (non-hydrogen) atoms. The Labute approximate surface area is 109 Å². The van der Waals surface area contributed by atoms with Gasteiger partial charge < -0.3 is 25.0 Å². The van der Waals surface area contributed by atoms with Gasteiger partial charge in [-0.1, -0.05) is 0 Å². The number of aromatic amines is 1. The average Bonchev–Trinajstić information content (AvgIpc) is 2.83. The number of likely N-dealkylation sites (tertiary alicyclic amines) is 1. The quantitative estimate of drug-likeness (QED) is 0.685. The van der Waals surface area contributed by atoms with Crippen LogP contribution in [0.15, 0.2) is 12.4 Å². The van der Waals surface area contributed by atoms with Gasteiger partial charge in [-0.3, -0.25) is 0 Å². The van der Waals surface area contributed by atoms with Gasteiger partial charge in [-0.05, 0) is 6.92 Å². The molecule has 1 aromatic heterocycles. The molecule has 0 unspecified atom stereocenters. The van der Waals surface area contributed by atoms with Gasteiger partial charge in [0.2, 0.25) is 0 Å². The van der Waals surface area contributed by atoms with E-state index in [4.69, 9.17) is 9.84 Å². The first-order chi connectivity index (χ1) is 8.98. The normalized spacial score (nSPS) is 16.8. The van der Waals surface area contributed by atoms with Gasteiger partial charge in [-0.25, -0.2) is 14.6 Å². The Morgan fingerprint density at radius 1 is 1.63 bits per heavy atom. The zero-order valence-corrected chi connectivity index (χ0v) is 10.5. The van der Waals surface area contributed by atoms with Gasteiger partial charge in [0.15, 0.2) is 0 Å². The summed E-state index contributed by atoms with van der Waals surface area (Å²) in [4.78, 5) is 30.6. The Kier molecular flexibility index (Phi) is 3.70. The smallest absolute Gasteiger partial charge is 0.329 e. The van der Waals surface area contributed by atoms with Crippen LogP contribution in [0.4, 0.5) is 4.79 Å². The Morgan fingerprint density at radius 3 is 2.95 bits per heavy atom. The zero-order chi connectivity index (χ0) is 13.9. The SMILES string of the molecule is CC1(OCC(=O)O)CN(C(=O)NCc2ncc[nH]2)C1. The van der Waals surface area contributed by atoms with Gasteiger partial charge in [-0.15, -0.1) is 0 Å². The molecule has 1 saturated heterocycles. The third-order valence-corrected chi connectivity index (χ3v) is 2.84. The summed E-state index contributed by atoms with van der Waals surface area (Å²) in [5, 5.41) is 11.2. The number of carbonyl (C=O) groups is 2. The average molecular weight is 268 g/mol. The maximum absolute atomic E-state index is 11.7. The molecule has 8 heteroatoms. The fourth-order valence-electron chi connectivity index (χ4n) is 1.90. The lowest BCUT2D eigenvalue weighted by atomic mass is 9.97. The van der Waals surface area contributed by atoms with E-state index >= 15 is 0 Å². The predicted molar refractivity (Wildman–Crippen MR) is 64.4 cm³/mol. The van der Waals surface area contributed by atoms with Crippen molar-refractivity contribution in [3.63, 3.8) is 0 Å². The topological polar surface area (TPSA) is 108 Å². The van der Waals surface area contributed by atoms with Crippen LogP contribution in [-0.4, -0.2) is 57.3 Å². The molecule has 0 radical (unpaired) electrons. The second-order valence-corrected chi connectivity index (χ2v) is 4.68. The van der Waals surface area contributed by atoms with Crippen molar-refractivity contribution < 1.29 is 19.4 Å². The first-order valence-electron chi connectivity index (χ1n) is 5.85. The molecule has 0 atom stereocenters. The molecule has 2 heterocycles. The van der Waals surface area contributed by atoms with E-state index in [1.165, 1.54) is 0 Å². The molecule has 3 N–H and O–H groups in total. The first-order valence-corrected chi connectivity index (χ1v) is 5.85. The summed E-state index contributed by atoms with van der Waals surface area (Å²) in [6.45, 7) is 2.52. The van der Waals surface area contributed by atoms with Crippen molar-refractivity contribution in [3.8, 4) is 0 Å². The molecule has 8 nitrogen and oxygen atoms in total. The van der Waals surface area contributed by atoms with Crippen LogP contribution in [0, 0.1) is 0 Å². The summed E-state index contributed by atoms with van der Waals surface area (Å²) in [5.74, 6) is -0.333. The number of H-pyrrole nitrogens is 1. The molecule has 1 aromatic rings. The Hall–Kier alpha value is -2.09. The molecule has 1 aliphatic heterocycles. The second kappa shape index (κ2) is 5.27. The van der Waals surface area contributed by atoms with E-state index in [-0.39, 0.29) is 12.6 Å². The summed E-state index contributed by atoms with van der Waals surface area (Å²) in [5.41, 5.74) is -0.569. The Balaban J connectivity index is 1.70. The van der Waals surface area contributed by atoms with Crippen LogP contribution in [0.3, 0.4) is 0 Å². The van der Waals surface area contributed by atoms with Crippen molar-refractivity contribution in [1.82, 2.24) is 20.2 Å². The molecule has 1 fully saturated rings. The monoisotopic (exact) mass is 268 g/mol. The van der Waals surface area contributed by atoms with E-state index in [1.54, 1.807) is 24.2 Å². The number of nitrogens with one attached hydrogen (secondary N) is 2. The zero-order valence-electron chi connectivity index (χ0n) is 10.5. The molecule has 0 aliphatic carbocycles. The van der Waals surface area contributed by atoms with E-state index in [9.17, 15) is 9.59 Å². The molecule has 1 aliphatic rings. The number of hydrogen-bond acceptors (Lipinski definition) is 4. The first kappa shape index (κ1) is 13.3. The highest BCUT2D eigenvalue weighted by Crippen LogP contribution is 2.24. The number of nitrogens with zero attached hydrogens (tertiary/aromatic N) is 2. The van der Waals surface area contributed by atoms with Crippen molar-refractivity contribution in [1.29, 1.82) is 0 Å². The number of aliphatic carboxylic acids is 1. The number of carbonyl (C=O) groups excluding carboxylic acids is 1. The summed E-state index contributed by atoms with van der Waals surface area (Å²) >= 11 is 0. The van der Waals surface area contributed by atoms with Crippen molar-refractivity contribution >= 4 is 12.0 Å². The number of imidazole rings is 1. The molecule has 104 valence electrons. The number of amides is 2. The fourth-order valence-corrected chi connectivity index (χ4v) is 1.90. The molecular formula is C11H16N4O4. The van der Waals surface area contributed by atoms with E-state index in [2.05, 4.69) is 15.3 Å². The number of urea groups is 1. The number of carboxylic acids is 1. The molecule has 0 aromatic carbocycles. The number of ether oxygens (including phenoxy) is 1. The third kappa shape index (κ3) is 3.44. The van der Waals surface area contributed by atoms with Gasteiger partial charge in [0, 0.05) is 12.4 Å². The van der Waals surface area contributed by atoms with Crippen molar-refractivity contribution in [2.45, 2.75) is 19.1 Å². The largest absolute Gasteiger partial charge is 0.480 e. The maximum Gasteiger partial charge on any atom is 0.329 e. The molecule has 2 amide bonds. The molecule has 2 rings (SSSR count). The van der Waals surface area contributed by atoms with Gasteiger partial charge in [0.25, 0.3) is 0 Å². The summed E-state index contributed by atoms with van der Waals surface area (Å²) in [7, 11) is 0. The lowest BCUT2D eigenvalue weighted by molar-refractivity contribution is -0.159. The summed E-state index contributed by atoms with van der Waals surface area (Å²) in [6, 6.07) is -0.215. The van der Waals surface area contributed by atoms with Crippen molar-refractivity contribution in [2.24, 2.45) is 0 Å². The van der Waals surface area contributed by atoms with Gasteiger partial charge >= 0.3 is 12.0 Å². The minimum absolute atomic E-state index is 0.215. The van der Waals surface area contributed by atoms with Gasteiger partial charge in [0.1, 0.15) is 18.0 Å². The number of aromatic nitrogens is 2. The number of rotatable bonds is 5. The molecule has 0 saturated carbocycles. The van der Waals surface area contributed by atoms with Crippen LogP contribution in [0.2, 0.25) is 0 Å². The third-order valence-electron chi connectivity index (χ3n) is 2.84. The van der Waals surface area contributed by atoms with E-state index in [1.807, 2.05) is 0 Å². The van der Waals surface area contributed by atoms with Crippen LogP contribution in [0.5, 0.6) is 0 Å². The Bertz CT molecular complexity index is 453. The minimum Gasteiger partial charge on any atom is -0.480 e. The minimum atomic E-state index is -1.01.